The Balaban J connectivity index is 1.48. The molecule has 2 aliphatic carbocycles. The first-order valence-corrected chi connectivity index (χ1v) is 13.3. The van der Waals surface area contributed by atoms with Crippen LogP contribution >= 0.6 is 0 Å². The molecule has 2 aliphatic heterocycles. The van der Waals surface area contributed by atoms with E-state index in [2.05, 4.69) is 23.9 Å². The Kier molecular flexibility index (Phi) is 6.95. The van der Waals surface area contributed by atoms with E-state index in [0.717, 1.165) is 50.8 Å². The molecule has 2 N–H and O–H groups in total. The molecule has 3 fully saturated rings. The number of Topliss-reactive ketones (excluding diaryl/α,β-unsaturated/α-hetero) is 1. The number of likely N-dealkylation sites (N-methyl/N-ethyl adjacent to an activating group) is 1. The number of likely N-dealkylation sites (tertiary alicyclic amines) is 1. The van der Waals surface area contributed by atoms with E-state index in [1.54, 1.807) is 0 Å². The number of ether oxygens (including phenoxy) is 2. The molecule has 0 aromatic carbocycles. The van der Waals surface area contributed by atoms with E-state index in [1.165, 1.54) is 0 Å². The molecule has 4 atom stereocenters. The highest BCUT2D eigenvalue weighted by atomic mass is 16.5. The van der Waals surface area contributed by atoms with Gasteiger partial charge in [0, 0.05) is 36.6 Å². The Hall–Kier alpha value is -2.32. The molecule has 1 saturated carbocycles. The van der Waals surface area contributed by atoms with Crippen LogP contribution in [-0.4, -0.2) is 70.4 Å². The number of carbonyl (C=O) groups excluding carboxylic acids is 1. The molecule has 8 nitrogen and oxygen atoms in total. The van der Waals surface area contributed by atoms with Crippen molar-refractivity contribution in [1.29, 1.82) is 5.41 Å². The number of aliphatic hydroxyl groups excluding tert-OH is 1. The number of rotatable bonds is 6. The summed E-state index contributed by atoms with van der Waals surface area (Å²) in [6.45, 7) is 4.43. The van der Waals surface area contributed by atoms with E-state index >= 15 is 0 Å². The fourth-order valence-corrected chi connectivity index (χ4v) is 6.47. The molecule has 190 valence electrons. The second-order valence-electron chi connectivity index (χ2n) is 10.8. The summed E-state index contributed by atoms with van der Waals surface area (Å²) in [7, 11) is 2.13. The SMILES string of the molecule is C[C@H](Oc1cc([C@@H]2CCOC2)nc(C(=N)C2=C(O)[C@]3(CCCCC3=O)CCC2)n1)[C@@H]1CCCN1C. The molecule has 3 heterocycles. The summed E-state index contributed by atoms with van der Waals surface area (Å²) < 4.78 is 11.9. The van der Waals surface area contributed by atoms with Gasteiger partial charge in [0.2, 0.25) is 5.88 Å². The molecule has 4 aliphatic rings. The summed E-state index contributed by atoms with van der Waals surface area (Å²) in [6.07, 6.45) is 8.04. The molecule has 2 saturated heterocycles. The number of hydrogen-bond donors (Lipinski definition) is 2. The zero-order valence-corrected chi connectivity index (χ0v) is 21.0. The first-order valence-electron chi connectivity index (χ1n) is 13.3. The second-order valence-corrected chi connectivity index (χ2v) is 10.8. The molecular weight excluding hydrogens is 444 g/mol. The molecule has 8 heteroatoms. The highest BCUT2D eigenvalue weighted by molar-refractivity contribution is 6.09. The predicted molar refractivity (Wildman–Crippen MR) is 132 cm³/mol. The van der Waals surface area contributed by atoms with E-state index in [4.69, 9.17) is 19.9 Å². The number of nitrogens with zero attached hydrogens (tertiary/aromatic N) is 3. The van der Waals surface area contributed by atoms with Gasteiger partial charge in [-0.3, -0.25) is 15.1 Å². The second kappa shape index (κ2) is 9.97. The summed E-state index contributed by atoms with van der Waals surface area (Å²) in [5.41, 5.74) is 0.617. The number of allylic oxidation sites excluding steroid dienone is 2. The average molecular weight is 483 g/mol. The molecule has 5 rings (SSSR count). The van der Waals surface area contributed by atoms with Crippen LogP contribution in [0.1, 0.15) is 88.6 Å². The van der Waals surface area contributed by atoms with Crippen LogP contribution in [0.15, 0.2) is 17.4 Å². The highest BCUT2D eigenvalue weighted by Gasteiger charge is 2.47. The normalized spacial score (nSPS) is 30.7. The van der Waals surface area contributed by atoms with Gasteiger partial charge in [-0.25, -0.2) is 4.98 Å². The van der Waals surface area contributed by atoms with Gasteiger partial charge in [0.1, 0.15) is 23.4 Å². The maximum absolute atomic E-state index is 12.9. The lowest BCUT2D eigenvalue weighted by Gasteiger charge is -2.39. The largest absolute Gasteiger partial charge is 0.511 e. The summed E-state index contributed by atoms with van der Waals surface area (Å²) in [6, 6.07) is 2.22. The van der Waals surface area contributed by atoms with Crippen LogP contribution in [0.2, 0.25) is 0 Å². The van der Waals surface area contributed by atoms with Crippen molar-refractivity contribution < 1.29 is 19.4 Å². The molecule has 0 amide bonds. The number of aliphatic hydroxyl groups is 1. The fraction of sp³-hybridized carbons (Fsp3) is 0.704. The third kappa shape index (κ3) is 4.62. The minimum Gasteiger partial charge on any atom is -0.511 e. The van der Waals surface area contributed by atoms with Crippen LogP contribution in [0.5, 0.6) is 5.88 Å². The van der Waals surface area contributed by atoms with Crippen molar-refractivity contribution in [1.82, 2.24) is 14.9 Å². The van der Waals surface area contributed by atoms with Crippen molar-refractivity contribution in [2.75, 3.05) is 26.8 Å². The van der Waals surface area contributed by atoms with Crippen molar-refractivity contribution in [2.24, 2.45) is 5.41 Å². The van der Waals surface area contributed by atoms with Gasteiger partial charge in [-0.15, -0.1) is 0 Å². The predicted octanol–water partition coefficient (Wildman–Crippen LogP) is 4.34. The van der Waals surface area contributed by atoms with E-state index in [1.807, 2.05) is 6.07 Å². The molecule has 0 bridgehead atoms. The van der Waals surface area contributed by atoms with Crippen LogP contribution in [0, 0.1) is 10.8 Å². The maximum Gasteiger partial charge on any atom is 0.217 e. The third-order valence-corrected chi connectivity index (χ3v) is 8.58. The summed E-state index contributed by atoms with van der Waals surface area (Å²) in [4.78, 5) is 24.7. The number of aromatic nitrogens is 2. The Morgan fingerprint density at radius 1 is 1.23 bits per heavy atom. The minimum atomic E-state index is -0.823. The first kappa shape index (κ1) is 24.4. The Morgan fingerprint density at radius 3 is 2.77 bits per heavy atom. The van der Waals surface area contributed by atoms with Crippen molar-refractivity contribution >= 4 is 11.5 Å². The fourth-order valence-electron chi connectivity index (χ4n) is 6.47. The van der Waals surface area contributed by atoms with E-state index in [0.29, 0.717) is 56.4 Å². The Bertz CT molecular complexity index is 1020. The summed E-state index contributed by atoms with van der Waals surface area (Å²) >= 11 is 0. The number of ketones is 1. The van der Waals surface area contributed by atoms with Gasteiger partial charge in [0.25, 0.3) is 0 Å². The average Bonchev–Trinajstić information content (AvgIpc) is 3.54. The van der Waals surface area contributed by atoms with Gasteiger partial charge in [-0.05, 0) is 71.9 Å². The van der Waals surface area contributed by atoms with Crippen LogP contribution in [0.3, 0.4) is 0 Å². The standard InChI is InChI=1S/C27H38N4O4/c1-17(21-8-6-13-31(21)2)35-23-15-20(18-10-14-34-16-18)29-26(30-23)24(28)19-7-5-12-27(25(19)33)11-4-3-9-22(27)32/h15,17-18,21,28,33H,3-14,16H2,1-2H3/t17-,18+,21-,27+/m0/s1. The Morgan fingerprint density at radius 2 is 2.06 bits per heavy atom. The van der Waals surface area contributed by atoms with Gasteiger partial charge in [-0.1, -0.05) is 6.42 Å². The van der Waals surface area contributed by atoms with E-state index in [-0.39, 0.29) is 35.1 Å². The smallest absolute Gasteiger partial charge is 0.217 e. The highest BCUT2D eigenvalue weighted by Crippen LogP contribution is 2.48. The van der Waals surface area contributed by atoms with E-state index < -0.39 is 5.41 Å². The van der Waals surface area contributed by atoms with Crippen molar-refractivity contribution in [3.05, 3.63) is 28.9 Å². The van der Waals surface area contributed by atoms with Gasteiger partial charge < -0.3 is 14.6 Å². The summed E-state index contributed by atoms with van der Waals surface area (Å²) in [5, 5.41) is 20.3. The van der Waals surface area contributed by atoms with Crippen LogP contribution < -0.4 is 4.74 Å². The first-order chi connectivity index (χ1) is 16.9. The zero-order chi connectivity index (χ0) is 24.6. The van der Waals surface area contributed by atoms with Gasteiger partial charge in [-0.2, -0.15) is 4.98 Å². The van der Waals surface area contributed by atoms with Gasteiger partial charge in [0.05, 0.1) is 17.7 Å². The number of nitrogens with one attached hydrogen (secondary N) is 1. The minimum absolute atomic E-state index is 0.0439. The lowest BCUT2D eigenvalue weighted by atomic mass is 9.64. The quantitative estimate of drug-likeness (QED) is 0.581. The number of hydrogen-bond acceptors (Lipinski definition) is 8. The number of carbonyl (C=O) groups is 1. The lowest BCUT2D eigenvalue weighted by molar-refractivity contribution is -0.131. The zero-order valence-electron chi connectivity index (χ0n) is 21.0. The van der Waals surface area contributed by atoms with Crippen LogP contribution in [-0.2, 0) is 9.53 Å². The molecule has 1 spiro atoms. The Labute approximate surface area is 207 Å². The monoisotopic (exact) mass is 482 g/mol. The topological polar surface area (TPSA) is 109 Å². The van der Waals surface area contributed by atoms with Crippen LogP contribution in [0.4, 0.5) is 0 Å². The maximum atomic E-state index is 12.9. The van der Waals surface area contributed by atoms with Crippen LogP contribution in [0.25, 0.3) is 0 Å². The third-order valence-electron chi connectivity index (χ3n) is 8.58. The summed E-state index contributed by atoms with van der Waals surface area (Å²) in [5.74, 6) is 1.06. The molecule has 0 radical (unpaired) electrons. The van der Waals surface area contributed by atoms with E-state index in [9.17, 15) is 9.90 Å². The molecular formula is C27H38N4O4. The van der Waals surface area contributed by atoms with Crippen molar-refractivity contribution in [3.63, 3.8) is 0 Å². The lowest BCUT2D eigenvalue weighted by Crippen LogP contribution is -2.39. The van der Waals surface area contributed by atoms with Crippen molar-refractivity contribution in [2.45, 2.75) is 89.2 Å². The van der Waals surface area contributed by atoms with Gasteiger partial charge >= 0.3 is 0 Å². The van der Waals surface area contributed by atoms with Gasteiger partial charge in [0.15, 0.2) is 5.82 Å². The molecule has 1 aromatic heterocycles. The molecule has 0 unspecified atom stereocenters. The molecule has 35 heavy (non-hydrogen) atoms. The molecule has 1 aromatic rings. The van der Waals surface area contributed by atoms with Crippen molar-refractivity contribution in [3.8, 4) is 5.88 Å².